The van der Waals surface area contributed by atoms with Crippen molar-refractivity contribution in [2.45, 2.75) is 7.43 Å². The summed E-state index contributed by atoms with van der Waals surface area (Å²) < 4.78 is 0. The average molecular weight is 89.1 g/mol. The van der Waals surface area contributed by atoms with E-state index in [1.807, 2.05) is 6.79 Å². The van der Waals surface area contributed by atoms with E-state index in [-0.39, 0.29) is 7.43 Å². The van der Waals surface area contributed by atoms with Crippen molar-refractivity contribution >= 4 is 12.9 Å². The summed E-state index contributed by atoms with van der Waals surface area (Å²) in [7, 11) is 0. The molecule has 0 aromatic rings. The summed E-state index contributed by atoms with van der Waals surface area (Å²) in [5.41, 5.74) is 0. The van der Waals surface area contributed by atoms with Crippen molar-refractivity contribution in [2.24, 2.45) is 0 Å². The Kier molecular flexibility index (Phi) is 49500. The molecule has 1 N–H and O–H groups in total. The number of hydrogen-bond acceptors (Lipinski definition) is 3. The molecule has 36 valence electrons. The van der Waals surface area contributed by atoms with Crippen LogP contribution in [0.25, 0.3) is 0 Å². The van der Waals surface area contributed by atoms with Gasteiger partial charge in [-0.25, -0.2) is 10.2 Å². The minimum Gasteiger partial charge on any atom is -0.307 e. The summed E-state index contributed by atoms with van der Waals surface area (Å²) in [6, 6.07) is 0. The van der Waals surface area contributed by atoms with Crippen molar-refractivity contribution in [3.8, 4) is 0 Å². The van der Waals surface area contributed by atoms with Crippen LogP contribution in [0.3, 0.4) is 0 Å². The van der Waals surface area contributed by atoms with Gasteiger partial charge in [0.15, 0.2) is 0 Å². The monoisotopic (exact) mass is 89.0 g/mol. The topological polar surface area (TPSA) is 58.0 Å². The maximum absolute atomic E-state index is 8.35. The third-order valence-corrected chi connectivity index (χ3v) is 0. The first-order chi connectivity index (χ1) is 2.41. The predicted molar refractivity (Wildman–Crippen MR) is 22.3 cm³/mol. The molecule has 0 spiro atoms. The Hall–Kier alpha value is -0.950. The molecule has 0 rings (SSSR count). The Morgan fingerprint density at radius 3 is 1.50 bits per heavy atom. The van der Waals surface area contributed by atoms with Gasteiger partial charge in [-0.1, -0.05) is 7.43 Å². The smallest absolute Gasteiger partial charge is 0.231 e. The number of carbonyl (C=O) groups excluding carboxylic acids is 2. The molecule has 0 bridgehead atoms. The van der Waals surface area contributed by atoms with Crippen LogP contribution >= 0.6 is 0 Å². The van der Waals surface area contributed by atoms with E-state index in [1.54, 1.807) is 0 Å². The zero-order chi connectivity index (χ0) is 4.71. The number of isocyanates is 1. The van der Waals surface area contributed by atoms with Crippen LogP contribution in [0.15, 0.2) is 0 Å². The van der Waals surface area contributed by atoms with Crippen molar-refractivity contribution in [2.75, 3.05) is 0 Å². The van der Waals surface area contributed by atoms with E-state index in [0.29, 0.717) is 0 Å². The maximum Gasteiger partial charge on any atom is 0.231 e. The number of hydrogen-bond donors (Lipinski definition) is 1. The second-order valence-electron chi connectivity index (χ2n) is 0.102. The summed E-state index contributed by atoms with van der Waals surface area (Å²) in [6.07, 6.45) is 0.750. The fourth-order valence-corrected chi connectivity index (χ4v) is 0. The lowest BCUT2D eigenvalue weighted by molar-refractivity contribution is -0.0979. The molecule has 0 aromatic carbocycles. The Morgan fingerprint density at radius 1 is 1.50 bits per heavy atom. The molecule has 0 saturated heterocycles. The Morgan fingerprint density at radius 2 is 1.50 bits per heavy atom. The predicted octanol–water partition coefficient (Wildman–Crippen LogP) is 0.352. The molecule has 6 heavy (non-hydrogen) atoms. The molecular formula is C3H7NO2. The first-order valence-electron chi connectivity index (χ1n) is 0.743. The van der Waals surface area contributed by atoms with Crippen molar-refractivity contribution in [3.63, 3.8) is 0 Å². The van der Waals surface area contributed by atoms with Crippen LogP contribution in [0.5, 0.6) is 0 Å². The van der Waals surface area contributed by atoms with Crippen LogP contribution < -0.4 is 0 Å². The first-order valence-corrected chi connectivity index (χ1v) is 0.743. The van der Waals surface area contributed by atoms with Crippen molar-refractivity contribution in [1.82, 2.24) is 0 Å². The number of carbonyl (C=O) groups is 1. The highest BCUT2D eigenvalue weighted by atomic mass is 16.1. The SMILES string of the molecule is C.C=O.N=C=O. The standard InChI is InChI=1S/CHNO.CH2O.CH4/c2-1-3;1-2;/h2H;1H2;1H4. The van der Waals surface area contributed by atoms with Gasteiger partial charge >= 0.3 is 0 Å². The van der Waals surface area contributed by atoms with Crippen LogP contribution in [0.2, 0.25) is 0 Å². The molecule has 0 aliphatic carbocycles. The van der Waals surface area contributed by atoms with E-state index in [4.69, 9.17) is 15.0 Å². The summed E-state index contributed by atoms with van der Waals surface area (Å²) in [4.78, 5) is 16.3. The van der Waals surface area contributed by atoms with Gasteiger partial charge in [0.05, 0.1) is 0 Å². The lowest BCUT2D eigenvalue weighted by Gasteiger charge is -1.02. The van der Waals surface area contributed by atoms with E-state index in [9.17, 15) is 0 Å². The Balaban J connectivity index is -0.0000000275. The summed E-state index contributed by atoms with van der Waals surface area (Å²) in [5.74, 6) is 0. The zero-order valence-corrected chi connectivity index (χ0v) is 2.52. The first kappa shape index (κ1) is 19.7. The Bertz CT molecular complexity index is 38.1. The highest BCUT2D eigenvalue weighted by molar-refractivity contribution is 5.26. The van der Waals surface area contributed by atoms with Gasteiger partial charge in [0.1, 0.15) is 6.79 Å². The van der Waals surface area contributed by atoms with Gasteiger partial charge < -0.3 is 4.79 Å². The van der Waals surface area contributed by atoms with E-state index in [0.717, 1.165) is 6.08 Å². The molecule has 0 fully saturated rings. The van der Waals surface area contributed by atoms with Crippen LogP contribution in [-0.2, 0) is 9.59 Å². The number of rotatable bonds is 0. The highest BCUT2D eigenvalue weighted by Crippen LogP contribution is 0.868. The molecule has 0 saturated carbocycles. The van der Waals surface area contributed by atoms with Gasteiger partial charge in [-0.2, -0.15) is 0 Å². The Labute approximate surface area is 36.5 Å². The van der Waals surface area contributed by atoms with Gasteiger partial charge in [-0.15, -0.1) is 0 Å². The van der Waals surface area contributed by atoms with E-state index < -0.39 is 0 Å². The molecule has 0 atom stereocenters. The second kappa shape index (κ2) is 15100. The van der Waals surface area contributed by atoms with Gasteiger partial charge in [-0.3, -0.25) is 0 Å². The molecule has 3 heteroatoms. The minimum atomic E-state index is 0. The van der Waals surface area contributed by atoms with E-state index in [1.165, 1.54) is 0 Å². The van der Waals surface area contributed by atoms with Crippen molar-refractivity contribution in [1.29, 1.82) is 5.41 Å². The summed E-state index contributed by atoms with van der Waals surface area (Å²) in [5, 5.41) is 5.40. The molecule has 0 amide bonds. The van der Waals surface area contributed by atoms with Crippen molar-refractivity contribution < 1.29 is 9.59 Å². The quantitative estimate of drug-likeness (QED) is 0.344. The van der Waals surface area contributed by atoms with Gasteiger partial charge in [0.25, 0.3) is 0 Å². The van der Waals surface area contributed by atoms with Gasteiger partial charge in [-0.05, 0) is 0 Å². The third kappa shape index (κ3) is 14.2. The van der Waals surface area contributed by atoms with Crippen LogP contribution in [0, 0.1) is 5.41 Å². The van der Waals surface area contributed by atoms with E-state index in [2.05, 4.69) is 0 Å². The van der Waals surface area contributed by atoms with Gasteiger partial charge in [0, 0.05) is 0 Å². The average Bonchev–Trinajstić information content (AvgIpc) is 1.46. The van der Waals surface area contributed by atoms with Crippen LogP contribution in [0.1, 0.15) is 7.43 Å². The lowest BCUT2D eigenvalue weighted by Crippen LogP contribution is -1.16. The van der Waals surface area contributed by atoms with Crippen LogP contribution in [-0.4, -0.2) is 12.9 Å². The molecule has 0 aliphatic rings. The summed E-state index contributed by atoms with van der Waals surface area (Å²) >= 11 is 0. The van der Waals surface area contributed by atoms with E-state index >= 15 is 0 Å². The third-order valence-electron chi connectivity index (χ3n) is 0. The fourth-order valence-electron chi connectivity index (χ4n) is 0. The lowest BCUT2D eigenvalue weighted by atomic mass is 11.7. The van der Waals surface area contributed by atoms with Crippen molar-refractivity contribution in [3.05, 3.63) is 0 Å². The molecule has 0 heterocycles. The molecule has 0 unspecified atom stereocenters. The van der Waals surface area contributed by atoms with Crippen LogP contribution in [0.4, 0.5) is 0 Å². The molecule has 0 aromatic heterocycles. The molecule has 0 aliphatic heterocycles. The molecule has 3 nitrogen and oxygen atoms in total. The minimum absolute atomic E-state index is 0. The largest absolute Gasteiger partial charge is 0.307 e. The summed E-state index contributed by atoms with van der Waals surface area (Å²) in [6.45, 7) is 2.00. The molecule has 0 radical (unpaired) electrons. The zero-order valence-electron chi connectivity index (χ0n) is 2.52. The fraction of sp³-hybridized carbons (Fsp3) is 0.333. The van der Waals surface area contributed by atoms with Gasteiger partial charge in [0.2, 0.25) is 6.08 Å². The molecular weight excluding hydrogens is 82.0 g/mol. The highest BCUT2D eigenvalue weighted by Gasteiger charge is 1.03. The second-order valence-corrected chi connectivity index (χ2v) is 0.102. The number of nitrogens with one attached hydrogen (secondary N) is 1. The normalized spacial score (nSPS) is 2.00. The maximum atomic E-state index is 8.35.